The summed E-state index contributed by atoms with van der Waals surface area (Å²) in [5.74, 6) is -0.393. The van der Waals surface area contributed by atoms with Gasteiger partial charge in [0.15, 0.2) is 0 Å². The molecule has 0 unspecified atom stereocenters. The molecule has 0 N–H and O–H groups in total. The minimum atomic E-state index is -0.393. The summed E-state index contributed by atoms with van der Waals surface area (Å²) >= 11 is 0. The zero-order chi connectivity index (χ0) is 18.2. The fraction of sp³-hybridized carbons (Fsp3) is 0.0909. The lowest BCUT2D eigenvalue weighted by Crippen LogP contribution is -2.26. The first-order valence-electron chi connectivity index (χ1n) is 8.30. The summed E-state index contributed by atoms with van der Waals surface area (Å²) in [6.07, 6.45) is 0. The summed E-state index contributed by atoms with van der Waals surface area (Å²) < 4.78 is 0. The Morgan fingerprint density at radius 3 is 1.92 bits per heavy atom. The molecule has 4 nitrogen and oxygen atoms in total. The highest BCUT2D eigenvalue weighted by molar-refractivity contribution is 5.89. The molecule has 0 atom stereocenters. The molecule has 0 fully saturated rings. The molecule has 4 heteroatoms. The molecule has 3 aromatic rings. The van der Waals surface area contributed by atoms with E-state index in [-0.39, 0.29) is 0 Å². The zero-order valence-corrected chi connectivity index (χ0v) is 14.2. The molecule has 3 rings (SSSR count). The second-order valence-corrected chi connectivity index (χ2v) is 5.84. The number of hydroxylamine groups is 2. The molecule has 0 amide bonds. The van der Waals surface area contributed by atoms with Crippen LogP contribution in [0.2, 0.25) is 0 Å². The first-order chi connectivity index (χ1) is 12.7. The van der Waals surface area contributed by atoms with E-state index in [1.54, 1.807) is 41.5 Å². The van der Waals surface area contributed by atoms with Crippen LogP contribution >= 0.6 is 0 Å². The SMILES string of the molecule is N#Cc1ccc(CN(Cc2ccccc2)OC(=O)c2ccccc2)cc1. The third-order valence-electron chi connectivity index (χ3n) is 3.87. The fourth-order valence-corrected chi connectivity index (χ4v) is 2.54. The highest BCUT2D eigenvalue weighted by Crippen LogP contribution is 2.13. The standard InChI is InChI=1S/C22H18N2O2/c23-15-18-11-13-20(14-12-18)17-24(16-19-7-3-1-4-8-19)26-22(25)21-9-5-2-6-10-21/h1-14H,16-17H2. The van der Waals surface area contributed by atoms with Crippen molar-refractivity contribution in [3.05, 3.63) is 107 Å². The number of rotatable bonds is 6. The van der Waals surface area contributed by atoms with Crippen LogP contribution in [0.1, 0.15) is 27.0 Å². The maximum atomic E-state index is 12.4. The summed E-state index contributed by atoms with van der Waals surface area (Å²) in [5.41, 5.74) is 3.11. The lowest BCUT2D eigenvalue weighted by atomic mass is 10.1. The van der Waals surface area contributed by atoms with Gasteiger partial charge in [0.1, 0.15) is 0 Å². The Kier molecular flexibility index (Phi) is 5.76. The van der Waals surface area contributed by atoms with Crippen LogP contribution in [0.15, 0.2) is 84.9 Å². The fourth-order valence-electron chi connectivity index (χ4n) is 2.54. The zero-order valence-electron chi connectivity index (χ0n) is 14.2. The van der Waals surface area contributed by atoms with Crippen LogP contribution in [0.25, 0.3) is 0 Å². The van der Waals surface area contributed by atoms with E-state index in [0.29, 0.717) is 24.2 Å². The van der Waals surface area contributed by atoms with Gasteiger partial charge in [-0.3, -0.25) is 0 Å². The molecule has 0 bridgehead atoms. The van der Waals surface area contributed by atoms with Gasteiger partial charge < -0.3 is 4.84 Å². The van der Waals surface area contributed by atoms with Gasteiger partial charge in [-0.2, -0.15) is 5.26 Å². The molecule has 0 saturated carbocycles. The molecule has 26 heavy (non-hydrogen) atoms. The predicted octanol–water partition coefficient (Wildman–Crippen LogP) is 4.33. The van der Waals surface area contributed by atoms with Crippen molar-refractivity contribution in [3.63, 3.8) is 0 Å². The Bertz CT molecular complexity index is 885. The van der Waals surface area contributed by atoms with Crippen LogP contribution in [0.4, 0.5) is 0 Å². The largest absolute Gasteiger partial charge is 0.363 e. The number of hydrogen-bond donors (Lipinski definition) is 0. The smallest absolute Gasteiger partial charge is 0.357 e. The number of nitrogens with zero attached hydrogens (tertiary/aromatic N) is 2. The number of carbonyl (C=O) groups is 1. The minimum absolute atomic E-state index is 0.393. The Balaban J connectivity index is 1.76. The summed E-state index contributed by atoms with van der Waals surface area (Å²) in [4.78, 5) is 18.1. The van der Waals surface area contributed by atoms with Gasteiger partial charge in [-0.1, -0.05) is 60.7 Å². The number of benzene rings is 3. The lowest BCUT2D eigenvalue weighted by Gasteiger charge is -2.21. The van der Waals surface area contributed by atoms with Crippen molar-refractivity contribution in [2.45, 2.75) is 13.1 Å². The summed E-state index contributed by atoms with van der Waals surface area (Å²) in [6.45, 7) is 0.901. The minimum Gasteiger partial charge on any atom is -0.363 e. The maximum absolute atomic E-state index is 12.4. The van der Waals surface area contributed by atoms with Crippen LogP contribution in [0, 0.1) is 11.3 Å². The summed E-state index contributed by atoms with van der Waals surface area (Å²) in [6, 6.07) is 28.1. The van der Waals surface area contributed by atoms with Crippen molar-refractivity contribution in [2.24, 2.45) is 0 Å². The maximum Gasteiger partial charge on any atom is 0.357 e. The molecule has 3 aromatic carbocycles. The molecule has 0 aliphatic heterocycles. The van der Waals surface area contributed by atoms with E-state index in [0.717, 1.165) is 11.1 Å². The van der Waals surface area contributed by atoms with Gasteiger partial charge in [-0.25, -0.2) is 4.79 Å². The van der Waals surface area contributed by atoms with Crippen molar-refractivity contribution >= 4 is 5.97 Å². The van der Waals surface area contributed by atoms with E-state index in [2.05, 4.69) is 6.07 Å². The molecule has 0 aliphatic rings. The van der Waals surface area contributed by atoms with E-state index < -0.39 is 5.97 Å². The van der Waals surface area contributed by atoms with Crippen molar-refractivity contribution in [2.75, 3.05) is 0 Å². The summed E-state index contributed by atoms with van der Waals surface area (Å²) in [7, 11) is 0. The molecular formula is C22H18N2O2. The van der Waals surface area contributed by atoms with Crippen LogP contribution in [-0.4, -0.2) is 11.0 Å². The number of hydrogen-bond acceptors (Lipinski definition) is 4. The van der Waals surface area contributed by atoms with E-state index in [1.165, 1.54) is 0 Å². The quantitative estimate of drug-likeness (QED) is 0.626. The van der Waals surface area contributed by atoms with E-state index in [4.69, 9.17) is 10.1 Å². The Labute approximate surface area is 152 Å². The molecule has 128 valence electrons. The van der Waals surface area contributed by atoms with Gasteiger partial charge >= 0.3 is 5.97 Å². The predicted molar refractivity (Wildman–Crippen MR) is 98.7 cm³/mol. The first-order valence-corrected chi connectivity index (χ1v) is 8.30. The second-order valence-electron chi connectivity index (χ2n) is 5.84. The Morgan fingerprint density at radius 2 is 1.35 bits per heavy atom. The van der Waals surface area contributed by atoms with Crippen molar-refractivity contribution in [3.8, 4) is 6.07 Å². The van der Waals surface area contributed by atoms with Gasteiger partial charge in [-0.15, -0.1) is 5.06 Å². The van der Waals surface area contributed by atoms with Gasteiger partial charge in [-0.05, 0) is 35.4 Å². The van der Waals surface area contributed by atoms with Gasteiger partial charge in [0, 0.05) is 0 Å². The molecule has 0 aliphatic carbocycles. The molecular weight excluding hydrogens is 324 g/mol. The van der Waals surface area contributed by atoms with E-state index >= 15 is 0 Å². The first kappa shape index (κ1) is 17.4. The Hall–Kier alpha value is -3.42. The van der Waals surface area contributed by atoms with Crippen molar-refractivity contribution in [1.82, 2.24) is 5.06 Å². The monoisotopic (exact) mass is 342 g/mol. The van der Waals surface area contributed by atoms with Crippen molar-refractivity contribution in [1.29, 1.82) is 5.26 Å². The average Bonchev–Trinajstić information content (AvgIpc) is 2.70. The van der Waals surface area contributed by atoms with E-state index in [1.807, 2.05) is 48.5 Å². The highest BCUT2D eigenvalue weighted by atomic mass is 16.7. The number of nitriles is 1. The molecule has 0 radical (unpaired) electrons. The average molecular weight is 342 g/mol. The molecule has 0 aromatic heterocycles. The normalized spacial score (nSPS) is 10.3. The third kappa shape index (κ3) is 4.79. The highest BCUT2D eigenvalue weighted by Gasteiger charge is 2.15. The molecule has 0 saturated heterocycles. The van der Waals surface area contributed by atoms with Gasteiger partial charge in [0.05, 0.1) is 30.3 Å². The van der Waals surface area contributed by atoms with Gasteiger partial charge in [0.25, 0.3) is 0 Å². The van der Waals surface area contributed by atoms with Crippen LogP contribution < -0.4 is 0 Å². The van der Waals surface area contributed by atoms with Crippen molar-refractivity contribution < 1.29 is 9.63 Å². The lowest BCUT2D eigenvalue weighted by molar-refractivity contribution is -0.123. The van der Waals surface area contributed by atoms with Crippen LogP contribution in [0.3, 0.4) is 0 Å². The summed E-state index contributed by atoms with van der Waals surface area (Å²) in [5, 5.41) is 10.6. The van der Waals surface area contributed by atoms with Crippen LogP contribution in [-0.2, 0) is 17.9 Å². The van der Waals surface area contributed by atoms with E-state index in [9.17, 15) is 4.79 Å². The number of carbonyl (C=O) groups excluding carboxylic acids is 1. The molecule has 0 heterocycles. The van der Waals surface area contributed by atoms with Gasteiger partial charge in [0.2, 0.25) is 0 Å². The topological polar surface area (TPSA) is 53.3 Å². The third-order valence-corrected chi connectivity index (χ3v) is 3.87. The molecule has 0 spiro atoms. The van der Waals surface area contributed by atoms with Crippen LogP contribution in [0.5, 0.6) is 0 Å². The second kappa shape index (κ2) is 8.61. The Morgan fingerprint density at radius 1 is 0.808 bits per heavy atom.